The Labute approximate surface area is 135 Å². The van der Waals surface area contributed by atoms with E-state index in [1.54, 1.807) is 34.8 Å². The van der Waals surface area contributed by atoms with Crippen molar-refractivity contribution in [1.82, 2.24) is 4.57 Å². The molecule has 0 amide bonds. The van der Waals surface area contributed by atoms with Crippen LogP contribution in [0.4, 0.5) is 4.39 Å². The van der Waals surface area contributed by atoms with E-state index in [0.29, 0.717) is 0 Å². The van der Waals surface area contributed by atoms with E-state index in [9.17, 15) is 4.39 Å². The molecule has 4 heteroatoms. The summed E-state index contributed by atoms with van der Waals surface area (Å²) < 4.78 is 15.8. The second kappa shape index (κ2) is 5.55. The molecule has 4 aromatic rings. The van der Waals surface area contributed by atoms with Gasteiger partial charge < -0.3 is 4.57 Å². The first-order chi connectivity index (χ1) is 10.8. The molecular formula is C18H12FNS2. The van der Waals surface area contributed by atoms with Crippen LogP contribution < -0.4 is 0 Å². The molecule has 0 aliphatic rings. The number of halogens is 1. The van der Waals surface area contributed by atoms with Gasteiger partial charge in [-0.3, -0.25) is 0 Å². The molecule has 0 saturated heterocycles. The van der Waals surface area contributed by atoms with Crippen LogP contribution in [-0.2, 0) is 0 Å². The molecule has 0 N–H and O–H groups in total. The molecule has 0 fully saturated rings. The van der Waals surface area contributed by atoms with Crippen molar-refractivity contribution in [2.45, 2.75) is 0 Å². The molecule has 4 rings (SSSR count). The summed E-state index contributed by atoms with van der Waals surface area (Å²) in [7, 11) is 0. The Hall–Kier alpha value is -2.17. The van der Waals surface area contributed by atoms with Crippen molar-refractivity contribution in [3.63, 3.8) is 0 Å². The smallest absolute Gasteiger partial charge is 0.125 e. The zero-order valence-corrected chi connectivity index (χ0v) is 13.2. The highest BCUT2D eigenvalue weighted by Crippen LogP contribution is 2.36. The number of rotatable bonds is 3. The van der Waals surface area contributed by atoms with Crippen molar-refractivity contribution in [3.8, 4) is 26.8 Å². The summed E-state index contributed by atoms with van der Waals surface area (Å²) in [5.41, 5.74) is 3.02. The molecule has 1 aromatic carbocycles. The fourth-order valence-electron chi connectivity index (χ4n) is 2.56. The molecule has 22 heavy (non-hydrogen) atoms. The molecule has 0 radical (unpaired) electrons. The maximum absolute atomic E-state index is 13.7. The molecular weight excluding hydrogens is 313 g/mol. The van der Waals surface area contributed by atoms with E-state index in [0.717, 1.165) is 17.1 Å². The number of hydrogen-bond acceptors (Lipinski definition) is 2. The van der Waals surface area contributed by atoms with E-state index in [4.69, 9.17) is 0 Å². The third-order valence-corrected chi connectivity index (χ3v) is 5.28. The van der Waals surface area contributed by atoms with Gasteiger partial charge in [0, 0.05) is 5.69 Å². The molecule has 0 atom stereocenters. The van der Waals surface area contributed by atoms with E-state index in [1.165, 1.54) is 15.8 Å². The Morgan fingerprint density at radius 2 is 1.36 bits per heavy atom. The van der Waals surface area contributed by atoms with Gasteiger partial charge in [0.2, 0.25) is 0 Å². The second-order valence-corrected chi connectivity index (χ2v) is 6.77. The normalized spacial score (nSPS) is 11.0. The monoisotopic (exact) mass is 325 g/mol. The van der Waals surface area contributed by atoms with Gasteiger partial charge in [0.1, 0.15) is 5.82 Å². The topological polar surface area (TPSA) is 4.93 Å². The zero-order valence-electron chi connectivity index (χ0n) is 11.6. The van der Waals surface area contributed by atoms with Crippen LogP contribution in [0.2, 0.25) is 0 Å². The van der Waals surface area contributed by atoms with Crippen LogP contribution in [0.1, 0.15) is 0 Å². The van der Waals surface area contributed by atoms with Gasteiger partial charge in [0.15, 0.2) is 0 Å². The lowest BCUT2D eigenvalue weighted by Gasteiger charge is -2.12. The largest absolute Gasteiger partial charge is 0.308 e. The van der Waals surface area contributed by atoms with Crippen LogP contribution >= 0.6 is 22.7 Å². The highest BCUT2D eigenvalue weighted by molar-refractivity contribution is 7.14. The molecule has 3 aromatic heterocycles. The average molecular weight is 325 g/mol. The first-order valence-electron chi connectivity index (χ1n) is 6.88. The molecule has 0 unspecified atom stereocenters. The number of nitrogens with zero attached hydrogens (tertiary/aromatic N) is 1. The standard InChI is InChI=1S/C18H12FNS2/c19-13-4-1-5-14(12-13)20-15(17-6-2-10-21-17)8-9-16(20)18-7-3-11-22-18/h1-12H. The lowest BCUT2D eigenvalue weighted by Crippen LogP contribution is -1.98. The average Bonchev–Trinajstić information content (AvgIpc) is 3.27. The number of benzene rings is 1. The van der Waals surface area contributed by atoms with Crippen LogP contribution in [0.5, 0.6) is 0 Å². The van der Waals surface area contributed by atoms with E-state index >= 15 is 0 Å². The van der Waals surface area contributed by atoms with Crippen LogP contribution in [0, 0.1) is 5.82 Å². The van der Waals surface area contributed by atoms with Gasteiger partial charge in [-0.25, -0.2) is 4.39 Å². The third kappa shape index (κ3) is 2.30. The van der Waals surface area contributed by atoms with E-state index in [1.807, 2.05) is 18.2 Å². The van der Waals surface area contributed by atoms with Gasteiger partial charge in [-0.2, -0.15) is 0 Å². The summed E-state index contributed by atoms with van der Waals surface area (Å²) in [5.74, 6) is -0.222. The molecule has 0 spiro atoms. The molecule has 108 valence electrons. The predicted molar refractivity (Wildman–Crippen MR) is 92.4 cm³/mol. The number of aromatic nitrogens is 1. The van der Waals surface area contributed by atoms with Gasteiger partial charge in [-0.1, -0.05) is 18.2 Å². The zero-order chi connectivity index (χ0) is 14.9. The molecule has 0 saturated carbocycles. The minimum atomic E-state index is -0.222. The van der Waals surface area contributed by atoms with Gasteiger partial charge in [-0.05, 0) is 53.2 Å². The number of hydrogen-bond donors (Lipinski definition) is 0. The fraction of sp³-hybridized carbons (Fsp3) is 0. The first-order valence-corrected chi connectivity index (χ1v) is 8.64. The summed E-state index contributed by atoms with van der Waals surface area (Å²) in [6.07, 6.45) is 0. The summed E-state index contributed by atoms with van der Waals surface area (Å²) in [6.45, 7) is 0. The van der Waals surface area contributed by atoms with E-state index < -0.39 is 0 Å². The van der Waals surface area contributed by atoms with Crippen LogP contribution in [0.25, 0.3) is 26.8 Å². The molecule has 0 aliphatic heterocycles. The lowest BCUT2D eigenvalue weighted by atomic mass is 10.2. The van der Waals surface area contributed by atoms with Crippen molar-refractivity contribution in [1.29, 1.82) is 0 Å². The number of thiophene rings is 2. The fourth-order valence-corrected chi connectivity index (χ4v) is 4.05. The van der Waals surface area contributed by atoms with Crippen molar-refractivity contribution >= 4 is 22.7 Å². The van der Waals surface area contributed by atoms with Crippen LogP contribution in [-0.4, -0.2) is 4.57 Å². The van der Waals surface area contributed by atoms with Crippen molar-refractivity contribution < 1.29 is 4.39 Å². The van der Waals surface area contributed by atoms with Gasteiger partial charge in [0.05, 0.1) is 21.1 Å². The lowest BCUT2D eigenvalue weighted by molar-refractivity contribution is 0.627. The summed E-state index contributed by atoms with van der Waals surface area (Å²) in [6, 6.07) is 19.2. The summed E-state index contributed by atoms with van der Waals surface area (Å²) >= 11 is 3.38. The van der Waals surface area contributed by atoms with E-state index in [-0.39, 0.29) is 5.82 Å². The second-order valence-electron chi connectivity index (χ2n) is 4.87. The highest BCUT2D eigenvalue weighted by atomic mass is 32.1. The Balaban J connectivity index is 1.98. The van der Waals surface area contributed by atoms with E-state index in [2.05, 4.69) is 39.6 Å². The summed E-state index contributed by atoms with van der Waals surface area (Å²) in [5, 5.41) is 4.12. The minimum absolute atomic E-state index is 0.222. The molecule has 1 nitrogen and oxygen atoms in total. The van der Waals surface area contributed by atoms with Crippen LogP contribution in [0.3, 0.4) is 0 Å². The maximum atomic E-state index is 13.7. The quantitative estimate of drug-likeness (QED) is 0.430. The van der Waals surface area contributed by atoms with Crippen molar-refractivity contribution in [3.05, 3.63) is 77.2 Å². The predicted octanol–water partition coefficient (Wildman–Crippen LogP) is 6.07. The Kier molecular flexibility index (Phi) is 3.41. The molecule has 0 aliphatic carbocycles. The first kappa shape index (κ1) is 13.5. The highest BCUT2D eigenvalue weighted by Gasteiger charge is 2.15. The Morgan fingerprint density at radius 1 is 0.727 bits per heavy atom. The Morgan fingerprint density at radius 3 is 1.86 bits per heavy atom. The molecule has 0 bridgehead atoms. The third-order valence-electron chi connectivity index (χ3n) is 3.49. The van der Waals surface area contributed by atoms with Crippen LogP contribution in [0.15, 0.2) is 71.4 Å². The van der Waals surface area contributed by atoms with Gasteiger partial charge >= 0.3 is 0 Å². The summed E-state index contributed by atoms with van der Waals surface area (Å²) in [4.78, 5) is 2.35. The van der Waals surface area contributed by atoms with Gasteiger partial charge in [-0.15, -0.1) is 22.7 Å². The SMILES string of the molecule is Fc1cccc(-n2c(-c3cccs3)ccc2-c2cccs2)c1. The Bertz CT molecular complexity index is 837. The van der Waals surface area contributed by atoms with Crippen molar-refractivity contribution in [2.24, 2.45) is 0 Å². The maximum Gasteiger partial charge on any atom is 0.125 e. The van der Waals surface area contributed by atoms with Crippen molar-refractivity contribution in [2.75, 3.05) is 0 Å². The van der Waals surface area contributed by atoms with Gasteiger partial charge in [0.25, 0.3) is 0 Å². The minimum Gasteiger partial charge on any atom is -0.308 e. The molecule has 3 heterocycles.